The molecule has 0 saturated carbocycles. The third-order valence-corrected chi connectivity index (χ3v) is 2.80. The van der Waals surface area contributed by atoms with Crippen molar-refractivity contribution in [1.82, 2.24) is 10.6 Å². The van der Waals surface area contributed by atoms with Gasteiger partial charge in [0.2, 0.25) is 5.91 Å². The Balaban J connectivity index is 2.41. The molecule has 0 aromatic heterocycles. The second-order valence-electron chi connectivity index (χ2n) is 4.47. The molecular formula is C14H17F3N2O4. The highest BCUT2D eigenvalue weighted by Gasteiger charge is 2.38. The first-order valence-electron chi connectivity index (χ1n) is 6.60. The molecule has 0 heterocycles. The first kappa shape index (κ1) is 18.6. The van der Waals surface area contributed by atoms with Crippen LogP contribution in [0, 0.1) is 0 Å². The molecule has 2 N–H and O–H groups in total. The zero-order valence-corrected chi connectivity index (χ0v) is 12.6. The molecule has 6 nitrogen and oxygen atoms in total. The summed E-state index contributed by atoms with van der Waals surface area (Å²) < 4.78 is 46.0. The maximum atomic E-state index is 11.9. The summed E-state index contributed by atoms with van der Waals surface area (Å²) >= 11 is 0. The van der Waals surface area contributed by atoms with Crippen LogP contribution in [0.5, 0.6) is 11.5 Å². The molecule has 1 rings (SSSR count). The van der Waals surface area contributed by atoms with Crippen molar-refractivity contribution in [2.45, 2.75) is 12.6 Å². The molecule has 23 heavy (non-hydrogen) atoms. The van der Waals surface area contributed by atoms with E-state index in [9.17, 15) is 22.8 Å². The van der Waals surface area contributed by atoms with Gasteiger partial charge in [0.15, 0.2) is 11.5 Å². The molecule has 0 aliphatic carbocycles. The topological polar surface area (TPSA) is 76.7 Å². The zero-order valence-electron chi connectivity index (χ0n) is 12.6. The van der Waals surface area contributed by atoms with E-state index in [-0.39, 0.29) is 19.5 Å². The molecule has 0 fully saturated rings. The molecule has 2 amide bonds. The monoisotopic (exact) mass is 334 g/mol. The largest absolute Gasteiger partial charge is 0.493 e. The van der Waals surface area contributed by atoms with Gasteiger partial charge in [-0.2, -0.15) is 13.2 Å². The van der Waals surface area contributed by atoms with E-state index in [1.807, 2.05) is 0 Å². The van der Waals surface area contributed by atoms with Crippen LogP contribution >= 0.6 is 0 Å². The summed E-state index contributed by atoms with van der Waals surface area (Å²) in [6, 6.07) is 4.95. The Bertz CT molecular complexity index is 561. The Morgan fingerprint density at radius 2 is 1.65 bits per heavy atom. The molecule has 128 valence electrons. The molecule has 0 bridgehead atoms. The van der Waals surface area contributed by atoms with Gasteiger partial charge in [-0.25, -0.2) is 0 Å². The lowest BCUT2D eigenvalue weighted by Crippen LogP contribution is -2.41. The van der Waals surface area contributed by atoms with E-state index in [0.717, 1.165) is 0 Å². The lowest BCUT2D eigenvalue weighted by Gasteiger charge is -2.10. The molecule has 1 aromatic carbocycles. The first-order chi connectivity index (χ1) is 10.8. The summed E-state index contributed by atoms with van der Waals surface area (Å²) in [5.74, 6) is -1.44. The van der Waals surface area contributed by atoms with Gasteiger partial charge in [0, 0.05) is 13.1 Å². The highest BCUT2D eigenvalue weighted by molar-refractivity contribution is 5.82. The maximum absolute atomic E-state index is 11.9. The number of amides is 2. The van der Waals surface area contributed by atoms with Gasteiger partial charge in [-0.05, 0) is 17.7 Å². The van der Waals surface area contributed by atoms with Crippen molar-refractivity contribution in [1.29, 1.82) is 0 Å². The van der Waals surface area contributed by atoms with Gasteiger partial charge >= 0.3 is 12.1 Å². The van der Waals surface area contributed by atoms with Crippen LogP contribution in [0.2, 0.25) is 0 Å². The molecule has 0 radical (unpaired) electrons. The molecular weight excluding hydrogens is 317 g/mol. The minimum Gasteiger partial charge on any atom is -0.493 e. The van der Waals surface area contributed by atoms with Gasteiger partial charge < -0.3 is 20.1 Å². The summed E-state index contributed by atoms with van der Waals surface area (Å²) in [5, 5.41) is 4.07. The normalized spacial score (nSPS) is 10.8. The number of benzene rings is 1. The van der Waals surface area contributed by atoms with Crippen LogP contribution in [0.25, 0.3) is 0 Å². The second kappa shape index (κ2) is 8.25. The van der Waals surface area contributed by atoms with E-state index >= 15 is 0 Å². The number of carbonyl (C=O) groups excluding carboxylic acids is 2. The number of nitrogens with one attached hydrogen (secondary N) is 2. The third-order valence-electron chi connectivity index (χ3n) is 2.80. The van der Waals surface area contributed by atoms with Crippen LogP contribution < -0.4 is 20.1 Å². The van der Waals surface area contributed by atoms with Crippen LogP contribution in [0.3, 0.4) is 0 Å². The van der Waals surface area contributed by atoms with Crippen molar-refractivity contribution in [3.8, 4) is 11.5 Å². The molecule has 0 saturated heterocycles. The number of hydrogen-bond donors (Lipinski definition) is 2. The van der Waals surface area contributed by atoms with Gasteiger partial charge in [0.05, 0.1) is 20.6 Å². The van der Waals surface area contributed by atoms with Gasteiger partial charge in [-0.15, -0.1) is 0 Å². The summed E-state index contributed by atoms with van der Waals surface area (Å²) in [7, 11) is 2.95. The molecule has 9 heteroatoms. The number of halogens is 3. The number of ether oxygens (including phenoxy) is 2. The molecule has 0 atom stereocenters. The van der Waals surface area contributed by atoms with Crippen molar-refractivity contribution < 1.29 is 32.2 Å². The van der Waals surface area contributed by atoms with Crippen molar-refractivity contribution in [3.05, 3.63) is 23.8 Å². The number of rotatable bonds is 7. The van der Waals surface area contributed by atoms with Crippen LogP contribution in [-0.4, -0.2) is 45.3 Å². The smallest absolute Gasteiger partial charge is 0.471 e. The van der Waals surface area contributed by atoms with E-state index in [2.05, 4.69) is 5.32 Å². The van der Waals surface area contributed by atoms with Crippen molar-refractivity contribution in [2.75, 3.05) is 27.3 Å². The molecule has 1 aromatic rings. The third kappa shape index (κ3) is 6.05. The zero-order chi connectivity index (χ0) is 17.5. The lowest BCUT2D eigenvalue weighted by atomic mass is 10.1. The van der Waals surface area contributed by atoms with Gasteiger partial charge in [-0.3, -0.25) is 9.59 Å². The quantitative estimate of drug-likeness (QED) is 0.731. The highest BCUT2D eigenvalue weighted by Crippen LogP contribution is 2.27. The maximum Gasteiger partial charge on any atom is 0.471 e. The Labute approximate surface area is 130 Å². The number of carbonyl (C=O) groups is 2. The average molecular weight is 334 g/mol. The minimum absolute atomic E-state index is 0.0214. The lowest BCUT2D eigenvalue weighted by molar-refractivity contribution is -0.173. The fraction of sp³-hybridized carbons (Fsp3) is 0.429. The van der Waals surface area contributed by atoms with Crippen LogP contribution in [-0.2, 0) is 16.0 Å². The van der Waals surface area contributed by atoms with E-state index < -0.39 is 18.0 Å². The summed E-state index contributed by atoms with van der Waals surface area (Å²) in [6.07, 6.45) is -4.91. The fourth-order valence-corrected chi connectivity index (χ4v) is 1.72. The van der Waals surface area contributed by atoms with Gasteiger partial charge in [-0.1, -0.05) is 6.07 Å². The Hall–Kier alpha value is -2.45. The highest BCUT2D eigenvalue weighted by atomic mass is 19.4. The Kier molecular flexibility index (Phi) is 6.67. The van der Waals surface area contributed by atoms with Gasteiger partial charge in [0.1, 0.15) is 0 Å². The predicted molar refractivity (Wildman–Crippen MR) is 75.3 cm³/mol. The van der Waals surface area contributed by atoms with E-state index in [0.29, 0.717) is 17.1 Å². The number of methoxy groups -OCH3 is 2. The van der Waals surface area contributed by atoms with Crippen LogP contribution in [0.4, 0.5) is 13.2 Å². The summed E-state index contributed by atoms with van der Waals surface area (Å²) in [6.45, 7) is -0.413. The molecule has 0 aliphatic heterocycles. The van der Waals surface area contributed by atoms with Crippen molar-refractivity contribution >= 4 is 11.8 Å². The van der Waals surface area contributed by atoms with Crippen LogP contribution in [0.1, 0.15) is 5.56 Å². The van der Waals surface area contributed by atoms with Crippen molar-refractivity contribution in [2.24, 2.45) is 0 Å². The van der Waals surface area contributed by atoms with E-state index in [1.165, 1.54) is 14.2 Å². The molecule has 0 spiro atoms. The summed E-state index contributed by atoms with van der Waals surface area (Å²) in [4.78, 5) is 22.2. The fourth-order valence-electron chi connectivity index (χ4n) is 1.72. The minimum atomic E-state index is -4.93. The Morgan fingerprint density at radius 3 is 2.22 bits per heavy atom. The van der Waals surface area contributed by atoms with Gasteiger partial charge in [0.25, 0.3) is 0 Å². The van der Waals surface area contributed by atoms with Crippen molar-refractivity contribution in [3.63, 3.8) is 0 Å². The SMILES string of the molecule is COc1ccc(CC(=O)NCCNC(=O)C(F)(F)F)cc1OC. The Morgan fingerprint density at radius 1 is 1.04 bits per heavy atom. The molecule has 0 aliphatic rings. The number of alkyl halides is 3. The predicted octanol–water partition coefficient (Wildman–Crippen LogP) is 1.04. The number of hydrogen-bond acceptors (Lipinski definition) is 4. The van der Waals surface area contributed by atoms with Crippen LogP contribution in [0.15, 0.2) is 18.2 Å². The average Bonchev–Trinajstić information content (AvgIpc) is 2.50. The van der Waals surface area contributed by atoms with E-state index in [4.69, 9.17) is 9.47 Å². The van der Waals surface area contributed by atoms with E-state index in [1.54, 1.807) is 23.5 Å². The summed E-state index contributed by atoms with van der Waals surface area (Å²) in [5.41, 5.74) is 0.652. The molecule has 0 unspecified atom stereocenters. The second-order valence-corrected chi connectivity index (χ2v) is 4.47. The first-order valence-corrected chi connectivity index (χ1v) is 6.60. The standard InChI is InChI=1S/C14H17F3N2O4/c1-22-10-4-3-9(7-11(10)23-2)8-12(20)18-5-6-19-13(21)14(15,16)17/h3-4,7H,5-6,8H2,1-2H3,(H,18,20)(H,19,21).